The maximum absolute atomic E-state index is 11.0. The van der Waals surface area contributed by atoms with Crippen molar-refractivity contribution in [3.8, 4) is 6.07 Å². The Morgan fingerprint density at radius 2 is 2.00 bits per heavy atom. The summed E-state index contributed by atoms with van der Waals surface area (Å²) in [4.78, 5) is 0. The van der Waals surface area contributed by atoms with Crippen LogP contribution in [0.1, 0.15) is 0 Å². The highest BCUT2D eigenvalue weighted by Gasteiger charge is 2.14. The van der Waals surface area contributed by atoms with Gasteiger partial charge in [-0.05, 0) is 0 Å². The fourth-order valence-electron chi connectivity index (χ4n) is 0.321. The van der Waals surface area contributed by atoms with Crippen LogP contribution in [0.3, 0.4) is 0 Å². The highest BCUT2D eigenvalue weighted by atomic mass is 31.2. The topological polar surface area (TPSA) is 59.3 Å². The average molecular weight is 161 g/mol. The van der Waals surface area contributed by atoms with Crippen molar-refractivity contribution in [2.75, 3.05) is 14.2 Å². The Morgan fingerprint density at radius 1 is 1.50 bits per heavy atom. The minimum Gasteiger partial charge on any atom is -0.309 e. The molecule has 0 aromatic carbocycles. The van der Waals surface area contributed by atoms with Gasteiger partial charge >= 0.3 is 7.60 Å². The third-order valence-corrected chi connectivity index (χ3v) is 2.37. The standard InChI is InChI=1S/C5H8NO3P/c1-8-10(7,9-2)5-3-4-6/h3,5H,1-2H3. The first-order chi connectivity index (χ1) is 4.68. The van der Waals surface area contributed by atoms with E-state index in [1.54, 1.807) is 6.07 Å². The monoisotopic (exact) mass is 161 g/mol. The van der Waals surface area contributed by atoms with Crippen molar-refractivity contribution < 1.29 is 13.6 Å². The smallest absolute Gasteiger partial charge is 0.309 e. The minimum absolute atomic E-state index is 1.06. The molecule has 4 nitrogen and oxygen atoms in total. The average Bonchev–Trinajstić information content (AvgIpc) is 2.00. The molecule has 5 heteroatoms. The molecule has 0 atom stereocenters. The van der Waals surface area contributed by atoms with E-state index in [9.17, 15) is 4.57 Å². The lowest BCUT2D eigenvalue weighted by atomic mass is 10.7. The molecule has 0 radical (unpaired) electrons. The van der Waals surface area contributed by atoms with E-state index in [1.807, 2.05) is 0 Å². The summed E-state index contributed by atoms with van der Waals surface area (Å²) in [5, 5.41) is 8.05. The molecule has 0 aromatic rings. The summed E-state index contributed by atoms with van der Waals surface area (Å²) < 4.78 is 20.0. The van der Waals surface area contributed by atoms with Crippen molar-refractivity contribution in [2.45, 2.75) is 0 Å². The first-order valence-corrected chi connectivity index (χ1v) is 4.08. The molecule has 0 fully saturated rings. The molecule has 0 amide bonds. The van der Waals surface area contributed by atoms with Crippen LogP contribution in [0.4, 0.5) is 0 Å². The molecular weight excluding hydrogens is 153 g/mol. The first kappa shape index (κ1) is 9.38. The van der Waals surface area contributed by atoms with Crippen molar-refractivity contribution in [3.63, 3.8) is 0 Å². The van der Waals surface area contributed by atoms with Crippen LogP contribution in [-0.2, 0) is 13.6 Å². The number of hydrogen-bond acceptors (Lipinski definition) is 4. The van der Waals surface area contributed by atoms with Gasteiger partial charge in [-0.15, -0.1) is 0 Å². The van der Waals surface area contributed by atoms with Gasteiger partial charge in [0.1, 0.15) is 0 Å². The lowest BCUT2D eigenvalue weighted by Crippen LogP contribution is -1.82. The lowest BCUT2D eigenvalue weighted by Gasteiger charge is -2.06. The molecule has 10 heavy (non-hydrogen) atoms. The number of hydrogen-bond donors (Lipinski definition) is 0. The Bertz CT molecular complexity index is 197. The van der Waals surface area contributed by atoms with Crippen molar-refractivity contribution in [2.24, 2.45) is 0 Å². The van der Waals surface area contributed by atoms with Gasteiger partial charge in [-0.3, -0.25) is 4.57 Å². The van der Waals surface area contributed by atoms with Gasteiger partial charge in [0.05, 0.1) is 6.07 Å². The summed E-state index contributed by atoms with van der Waals surface area (Å²) in [5.41, 5.74) is 0. The van der Waals surface area contributed by atoms with Crippen LogP contribution in [0.15, 0.2) is 11.9 Å². The van der Waals surface area contributed by atoms with Crippen molar-refractivity contribution in [3.05, 3.63) is 11.9 Å². The molecule has 0 aliphatic rings. The highest BCUT2D eigenvalue weighted by molar-refractivity contribution is 7.57. The second kappa shape index (κ2) is 4.24. The molecule has 0 spiro atoms. The molecule has 0 N–H and O–H groups in total. The molecule has 0 aromatic heterocycles. The molecule has 0 bridgehead atoms. The van der Waals surface area contributed by atoms with Gasteiger partial charge in [-0.1, -0.05) is 0 Å². The Hall–Kier alpha value is -0.620. The summed E-state index contributed by atoms with van der Waals surface area (Å²) in [6, 6.07) is 1.68. The molecule has 0 saturated heterocycles. The van der Waals surface area contributed by atoms with Gasteiger partial charge in [-0.25, -0.2) is 0 Å². The Kier molecular flexibility index (Phi) is 3.97. The zero-order chi connectivity index (χ0) is 8.04. The molecule has 0 aliphatic carbocycles. The van der Waals surface area contributed by atoms with Crippen LogP contribution in [0.5, 0.6) is 0 Å². The molecule has 0 rings (SSSR count). The van der Waals surface area contributed by atoms with Gasteiger partial charge in [0.25, 0.3) is 0 Å². The fourth-order valence-corrected chi connectivity index (χ4v) is 0.963. The van der Waals surface area contributed by atoms with E-state index < -0.39 is 7.60 Å². The van der Waals surface area contributed by atoms with Gasteiger partial charge in [-0.2, -0.15) is 5.26 Å². The predicted octanol–water partition coefficient (Wildman–Crippen LogP) is 1.51. The van der Waals surface area contributed by atoms with Crippen LogP contribution < -0.4 is 0 Å². The summed E-state index contributed by atoms with van der Waals surface area (Å²) in [7, 11) is -0.589. The van der Waals surface area contributed by atoms with Crippen LogP contribution in [0.2, 0.25) is 0 Å². The lowest BCUT2D eigenvalue weighted by molar-refractivity contribution is 0.286. The van der Waals surface area contributed by atoms with Gasteiger partial charge in [0.2, 0.25) is 0 Å². The van der Waals surface area contributed by atoms with E-state index in [1.165, 1.54) is 14.2 Å². The highest BCUT2D eigenvalue weighted by Crippen LogP contribution is 2.47. The largest absolute Gasteiger partial charge is 0.354 e. The molecule has 0 unspecified atom stereocenters. The second-order valence-electron chi connectivity index (χ2n) is 1.35. The van der Waals surface area contributed by atoms with Gasteiger partial charge in [0.15, 0.2) is 0 Å². The van der Waals surface area contributed by atoms with Crippen LogP contribution >= 0.6 is 7.60 Å². The molecule has 56 valence electrons. The Labute approximate surface area is 59.6 Å². The minimum atomic E-state index is -3.10. The van der Waals surface area contributed by atoms with Crippen molar-refractivity contribution >= 4 is 7.60 Å². The van der Waals surface area contributed by atoms with E-state index in [0.717, 1.165) is 11.9 Å². The van der Waals surface area contributed by atoms with E-state index in [2.05, 4.69) is 9.05 Å². The molecule has 0 aliphatic heterocycles. The summed E-state index contributed by atoms with van der Waals surface area (Å²) in [5.74, 6) is 1.10. The maximum Gasteiger partial charge on any atom is 0.354 e. The Morgan fingerprint density at radius 3 is 2.30 bits per heavy atom. The SMILES string of the molecule is COP(=O)(C=CC#N)OC. The number of allylic oxidation sites excluding steroid dienone is 1. The fraction of sp³-hybridized carbons (Fsp3) is 0.400. The van der Waals surface area contributed by atoms with E-state index in [4.69, 9.17) is 5.26 Å². The Balaban J connectivity index is 4.25. The van der Waals surface area contributed by atoms with Crippen molar-refractivity contribution in [1.29, 1.82) is 5.26 Å². The van der Waals surface area contributed by atoms with E-state index >= 15 is 0 Å². The quantitative estimate of drug-likeness (QED) is 0.465. The van der Waals surface area contributed by atoms with Gasteiger partial charge in [0, 0.05) is 26.1 Å². The first-order valence-electron chi connectivity index (χ1n) is 2.47. The zero-order valence-electron chi connectivity index (χ0n) is 5.77. The molecule has 0 heterocycles. The summed E-state index contributed by atoms with van der Waals surface area (Å²) in [6.07, 6.45) is 1.06. The number of nitriles is 1. The summed E-state index contributed by atoms with van der Waals surface area (Å²) >= 11 is 0. The molecule has 0 saturated carbocycles. The third kappa shape index (κ3) is 2.79. The molecular formula is C5H8NO3P. The maximum atomic E-state index is 11.0. The second-order valence-corrected chi connectivity index (χ2v) is 3.46. The van der Waals surface area contributed by atoms with E-state index in [0.29, 0.717) is 0 Å². The number of nitrogens with zero attached hydrogens (tertiary/aromatic N) is 1. The van der Waals surface area contributed by atoms with Crippen LogP contribution in [-0.4, -0.2) is 14.2 Å². The van der Waals surface area contributed by atoms with Crippen LogP contribution in [0.25, 0.3) is 0 Å². The predicted molar refractivity (Wildman–Crippen MR) is 36.4 cm³/mol. The van der Waals surface area contributed by atoms with E-state index in [-0.39, 0.29) is 0 Å². The summed E-state index contributed by atoms with van der Waals surface area (Å²) in [6.45, 7) is 0. The third-order valence-electron chi connectivity index (χ3n) is 0.841. The normalized spacial score (nSPS) is 11.7. The van der Waals surface area contributed by atoms with Crippen LogP contribution in [0, 0.1) is 11.3 Å². The van der Waals surface area contributed by atoms with Crippen molar-refractivity contribution in [1.82, 2.24) is 0 Å². The zero-order valence-corrected chi connectivity index (χ0v) is 6.67. The van der Waals surface area contributed by atoms with Gasteiger partial charge < -0.3 is 9.05 Å². The number of rotatable bonds is 3.